The third-order valence-electron chi connectivity index (χ3n) is 3.16. The van der Waals surface area contributed by atoms with Crippen molar-refractivity contribution in [3.05, 3.63) is 0 Å². The molecule has 0 bridgehead atoms. The summed E-state index contributed by atoms with van der Waals surface area (Å²) in [6, 6.07) is 0. The van der Waals surface area contributed by atoms with E-state index in [9.17, 15) is 0 Å². The Morgan fingerprint density at radius 2 is 1.60 bits per heavy atom. The zero-order chi connectivity index (χ0) is 11.4. The van der Waals surface area contributed by atoms with Gasteiger partial charge in [0.25, 0.3) is 0 Å². The Morgan fingerprint density at radius 3 is 1.87 bits per heavy atom. The van der Waals surface area contributed by atoms with Gasteiger partial charge in [0.05, 0.1) is 20.6 Å². The van der Waals surface area contributed by atoms with Crippen LogP contribution < -0.4 is 28.9 Å². The van der Waals surface area contributed by atoms with Crippen molar-refractivity contribution in [1.29, 1.82) is 0 Å². The Kier molecular flexibility index (Phi) is 9.49. The second-order valence-electron chi connectivity index (χ2n) is 6.22. The van der Waals surface area contributed by atoms with E-state index >= 15 is 0 Å². The van der Waals surface area contributed by atoms with E-state index in [1.54, 1.807) is 4.90 Å². The molecule has 0 fully saturated rings. The van der Waals surface area contributed by atoms with Crippen LogP contribution in [-0.4, -0.2) is 20.6 Å². The Bertz CT molecular complexity index is 149. The van der Waals surface area contributed by atoms with Crippen LogP contribution in [0.2, 0.25) is 0 Å². The van der Waals surface area contributed by atoms with Crippen LogP contribution in [0.15, 0.2) is 0 Å². The van der Waals surface area contributed by atoms with Gasteiger partial charge in [0.2, 0.25) is 0 Å². The molecule has 0 heterocycles. The lowest BCUT2D eigenvalue weighted by atomic mass is 9.74. The molecule has 0 aliphatic carbocycles. The maximum atomic E-state index is 2.39. The minimum absolute atomic E-state index is 0. The van der Waals surface area contributed by atoms with Crippen LogP contribution in [0.4, 0.5) is 0 Å². The molecule has 0 aromatic carbocycles. The third kappa shape index (κ3) is 8.49. The number of hydrogen-bond acceptors (Lipinski definition) is 0. The van der Waals surface area contributed by atoms with Gasteiger partial charge in [0.1, 0.15) is 0 Å². The van der Waals surface area contributed by atoms with E-state index < -0.39 is 0 Å². The first kappa shape index (κ1) is 18.1. The molecule has 1 N–H and O–H groups in total. The molecule has 2 unspecified atom stereocenters. The molecule has 2 atom stereocenters. The van der Waals surface area contributed by atoms with Crippen molar-refractivity contribution in [2.45, 2.75) is 47.5 Å². The Labute approximate surface area is 114 Å². The summed E-state index contributed by atoms with van der Waals surface area (Å²) in [4.78, 5) is 1.57. The van der Waals surface area contributed by atoms with Gasteiger partial charge in [0.15, 0.2) is 0 Å². The quantitative estimate of drug-likeness (QED) is 0.633. The van der Waals surface area contributed by atoms with Gasteiger partial charge in [-0.1, -0.05) is 41.0 Å². The first-order valence-electron chi connectivity index (χ1n) is 6.06. The number of rotatable bonds is 5. The first-order valence-corrected chi connectivity index (χ1v) is 6.06. The molecular weight excluding hydrogens is 297 g/mol. The fraction of sp³-hybridized carbons (Fsp3) is 1.00. The van der Waals surface area contributed by atoms with Crippen molar-refractivity contribution in [2.24, 2.45) is 17.3 Å². The molecule has 1 nitrogen and oxygen atoms in total. The maximum absolute atomic E-state index is 2.39. The molecule has 0 saturated carbocycles. The van der Waals surface area contributed by atoms with Gasteiger partial charge < -0.3 is 28.9 Å². The number of hydrogen-bond donors (Lipinski definition) is 1. The summed E-state index contributed by atoms with van der Waals surface area (Å²) in [7, 11) is 4.49. The van der Waals surface area contributed by atoms with E-state index in [4.69, 9.17) is 0 Å². The van der Waals surface area contributed by atoms with Gasteiger partial charge in [-0.05, 0) is 17.8 Å². The Balaban J connectivity index is 0. The highest BCUT2D eigenvalue weighted by Crippen LogP contribution is 2.33. The molecule has 0 aliphatic rings. The standard InChI is InChI=1S/C13H29N.HI/c1-8-12(13(3,4)5)9-11(2)10-14(6)7;/h11-12H,8-10H2,1-7H3;1H. The Hall–Kier alpha value is 0.690. The smallest absolute Gasteiger partial charge is 0.0792 e. The summed E-state index contributed by atoms with van der Waals surface area (Å²) in [5, 5.41) is 0. The first-order chi connectivity index (χ1) is 6.27. The van der Waals surface area contributed by atoms with Crippen LogP contribution >= 0.6 is 0 Å². The summed E-state index contributed by atoms with van der Waals surface area (Å²) in [5.74, 6) is 1.72. The molecule has 2 heteroatoms. The molecule has 0 rings (SSSR count). The van der Waals surface area contributed by atoms with Gasteiger partial charge in [-0.2, -0.15) is 0 Å². The van der Waals surface area contributed by atoms with Crippen molar-refractivity contribution >= 4 is 0 Å². The molecule has 0 aromatic heterocycles. The van der Waals surface area contributed by atoms with E-state index in [-0.39, 0.29) is 24.0 Å². The van der Waals surface area contributed by atoms with Crippen molar-refractivity contribution in [2.75, 3.05) is 20.6 Å². The van der Waals surface area contributed by atoms with E-state index in [0.717, 1.165) is 11.8 Å². The van der Waals surface area contributed by atoms with Crippen LogP contribution in [-0.2, 0) is 0 Å². The van der Waals surface area contributed by atoms with Crippen molar-refractivity contribution in [3.63, 3.8) is 0 Å². The molecule has 0 saturated heterocycles. The third-order valence-corrected chi connectivity index (χ3v) is 3.16. The predicted octanol–water partition coefficient (Wildman–Crippen LogP) is -0.767. The second kappa shape index (κ2) is 7.88. The predicted molar refractivity (Wildman–Crippen MR) is 64.7 cm³/mol. The highest BCUT2D eigenvalue weighted by atomic mass is 127. The maximum Gasteiger partial charge on any atom is 0.0792 e. The molecule has 0 amide bonds. The molecule has 15 heavy (non-hydrogen) atoms. The average molecular weight is 327 g/mol. The number of halogens is 1. The second-order valence-corrected chi connectivity index (χ2v) is 6.22. The van der Waals surface area contributed by atoms with E-state index in [1.807, 2.05) is 0 Å². The van der Waals surface area contributed by atoms with Crippen LogP contribution in [0, 0.1) is 17.3 Å². The van der Waals surface area contributed by atoms with Crippen LogP contribution in [0.25, 0.3) is 0 Å². The van der Waals surface area contributed by atoms with Crippen molar-refractivity contribution in [1.82, 2.24) is 0 Å². The number of quaternary nitrogens is 1. The SMILES string of the molecule is CCC(CC(C)C[NH+](C)C)C(C)(C)C.[I-]. The lowest BCUT2D eigenvalue weighted by Gasteiger charge is -2.32. The normalized spacial score (nSPS) is 16.0. The molecule has 94 valence electrons. The van der Waals surface area contributed by atoms with E-state index in [1.165, 1.54) is 19.4 Å². The highest BCUT2D eigenvalue weighted by Gasteiger charge is 2.25. The Morgan fingerprint density at radius 1 is 1.13 bits per heavy atom. The molecule has 0 aliphatic heterocycles. The molecule has 0 radical (unpaired) electrons. The van der Waals surface area contributed by atoms with Gasteiger partial charge in [0, 0.05) is 5.92 Å². The van der Waals surface area contributed by atoms with Crippen molar-refractivity contribution in [3.8, 4) is 0 Å². The van der Waals surface area contributed by atoms with Gasteiger partial charge in [-0.25, -0.2) is 0 Å². The van der Waals surface area contributed by atoms with Crippen LogP contribution in [0.1, 0.15) is 47.5 Å². The topological polar surface area (TPSA) is 4.44 Å². The van der Waals surface area contributed by atoms with Crippen LogP contribution in [0.3, 0.4) is 0 Å². The highest BCUT2D eigenvalue weighted by molar-refractivity contribution is 4.74. The largest absolute Gasteiger partial charge is 1.00 e. The van der Waals surface area contributed by atoms with E-state index in [0.29, 0.717) is 5.41 Å². The summed E-state index contributed by atoms with van der Waals surface area (Å²) in [5.41, 5.74) is 0.477. The molecule has 0 aromatic rings. The zero-order valence-electron chi connectivity index (χ0n) is 11.7. The lowest BCUT2D eigenvalue weighted by molar-refractivity contribution is -0.862. The molecular formula is C13H30IN. The summed E-state index contributed by atoms with van der Waals surface area (Å²) >= 11 is 0. The van der Waals surface area contributed by atoms with Crippen LogP contribution in [0.5, 0.6) is 0 Å². The lowest BCUT2D eigenvalue weighted by Crippen LogP contribution is -3.06. The van der Waals surface area contributed by atoms with Gasteiger partial charge >= 0.3 is 0 Å². The van der Waals surface area contributed by atoms with E-state index in [2.05, 4.69) is 48.7 Å². The average Bonchev–Trinajstić information content (AvgIpc) is 1.96. The van der Waals surface area contributed by atoms with Crippen molar-refractivity contribution < 1.29 is 28.9 Å². The fourth-order valence-corrected chi connectivity index (χ4v) is 2.40. The summed E-state index contributed by atoms with van der Waals surface area (Å²) in [6.07, 6.45) is 2.70. The van der Waals surface area contributed by atoms with Gasteiger partial charge in [-0.3, -0.25) is 0 Å². The number of nitrogens with one attached hydrogen (secondary N) is 1. The summed E-state index contributed by atoms with van der Waals surface area (Å²) < 4.78 is 0. The monoisotopic (exact) mass is 327 g/mol. The van der Waals surface area contributed by atoms with Gasteiger partial charge in [-0.15, -0.1) is 0 Å². The zero-order valence-corrected chi connectivity index (χ0v) is 13.8. The fourth-order valence-electron chi connectivity index (χ4n) is 2.40. The summed E-state index contributed by atoms with van der Waals surface area (Å²) in [6.45, 7) is 13.1. The minimum Gasteiger partial charge on any atom is -1.00 e. The minimum atomic E-state index is 0. The molecule has 0 spiro atoms.